The number of nitrogens with zero attached hydrogens (tertiary/aromatic N) is 1. The van der Waals surface area contributed by atoms with E-state index in [0.717, 1.165) is 17.7 Å². The molecule has 0 saturated carbocycles. The lowest BCUT2D eigenvalue weighted by molar-refractivity contribution is 1.14. The number of rotatable bonds is 3. The molecule has 0 radical (unpaired) electrons. The first-order chi connectivity index (χ1) is 9.86. The molecule has 20 heavy (non-hydrogen) atoms. The van der Waals surface area contributed by atoms with Crippen molar-refractivity contribution in [2.24, 2.45) is 0 Å². The third kappa shape index (κ3) is 2.62. The van der Waals surface area contributed by atoms with Crippen molar-refractivity contribution in [1.82, 2.24) is 4.98 Å². The molecular weight excluding hydrogens is 242 g/mol. The first-order valence-electron chi connectivity index (χ1n) is 6.97. The monoisotopic (exact) mass is 259 g/mol. The fraction of sp³-hybridized carbons (Fsp3) is 0.105. The summed E-state index contributed by atoms with van der Waals surface area (Å²) in [5.74, 6) is 0. The molecule has 0 amide bonds. The molecule has 0 aliphatic carbocycles. The maximum absolute atomic E-state index is 4.58. The maximum Gasteiger partial charge on any atom is 0.0702 e. The van der Waals surface area contributed by atoms with Gasteiger partial charge in [-0.05, 0) is 23.6 Å². The van der Waals surface area contributed by atoms with Gasteiger partial charge in [-0.25, -0.2) is 0 Å². The fourth-order valence-electron chi connectivity index (χ4n) is 2.32. The molecule has 3 aromatic rings. The van der Waals surface area contributed by atoms with E-state index in [4.69, 9.17) is 0 Å². The molecule has 0 saturated heterocycles. The quantitative estimate of drug-likeness (QED) is 0.646. The van der Waals surface area contributed by atoms with Crippen LogP contribution in [-0.2, 0) is 6.42 Å². The Kier molecular flexibility index (Phi) is 3.60. The summed E-state index contributed by atoms with van der Waals surface area (Å²) in [5.41, 5.74) is 5.92. The molecule has 0 N–H and O–H groups in total. The summed E-state index contributed by atoms with van der Waals surface area (Å²) in [6.07, 6.45) is 3.01. The van der Waals surface area contributed by atoms with Gasteiger partial charge in [-0.3, -0.25) is 4.98 Å². The topological polar surface area (TPSA) is 12.9 Å². The summed E-state index contributed by atoms with van der Waals surface area (Å²) < 4.78 is 0. The van der Waals surface area contributed by atoms with E-state index in [-0.39, 0.29) is 0 Å². The first-order valence-corrected chi connectivity index (χ1v) is 6.97. The average Bonchev–Trinajstić information content (AvgIpc) is 2.56. The molecule has 1 heterocycles. The molecule has 1 nitrogen and oxygen atoms in total. The van der Waals surface area contributed by atoms with Crippen LogP contribution in [0.1, 0.15) is 12.5 Å². The lowest BCUT2D eigenvalue weighted by atomic mass is 10.0. The van der Waals surface area contributed by atoms with E-state index in [9.17, 15) is 0 Å². The highest BCUT2D eigenvalue weighted by Crippen LogP contribution is 2.23. The molecule has 1 aromatic heterocycles. The Labute approximate surface area is 119 Å². The van der Waals surface area contributed by atoms with Crippen LogP contribution >= 0.6 is 0 Å². The lowest BCUT2D eigenvalue weighted by Gasteiger charge is -2.05. The zero-order valence-electron chi connectivity index (χ0n) is 11.6. The Hall–Kier alpha value is -2.41. The Morgan fingerprint density at radius 3 is 2.25 bits per heavy atom. The lowest BCUT2D eigenvalue weighted by Crippen LogP contribution is -1.86. The molecular formula is C19H17N. The van der Waals surface area contributed by atoms with Crippen molar-refractivity contribution in [3.63, 3.8) is 0 Å². The van der Waals surface area contributed by atoms with Crippen molar-refractivity contribution in [3.8, 4) is 22.4 Å². The number of benzene rings is 2. The summed E-state index contributed by atoms with van der Waals surface area (Å²) in [5, 5.41) is 0. The molecule has 0 aliphatic heterocycles. The summed E-state index contributed by atoms with van der Waals surface area (Å²) in [4.78, 5) is 4.58. The maximum atomic E-state index is 4.58. The van der Waals surface area contributed by atoms with E-state index in [2.05, 4.69) is 60.4 Å². The van der Waals surface area contributed by atoms with Crippen LogP contribution in [0.5, 0.6) is 0 Å². The molecule has 0 unspecified atom stereocenters. The number of pyridine rings is 1. The van der Waals surface area contributed by atoms with Gasteiger partial charge in [-0.1, -0.05) is 67.6 Å². The summed E-state index contributed by atoms with van der Waals surface area (Å²) in [7, 11) is 0. The van der Waals surface area contributed by atoms with Gasteiger partial charge < -0.3 is 0 Å². The summed E-state index contributed by atoms with van der Waals surface area (Å²) in [6, 6.07) is 23.1. The largest absolute Gasteiger partial charge is 0.256 e. The van der Waals surface area contributed by atoms with Crippen LogP contribution in [0.15, 0.2) is 72.9 Å². The summed E-state index contributed by atoms with van der Waals surface area (Å²) >= 11 is 0. The highest BCUT2D eigenvalue weighted by molar-refractivity contribution is 5.67. The van der Waals surface area contributed by atoms with Crippen LogP contribution in [0.3, 0.4) is 0 Å². The minimum atomic E-state index is 1.01. The third-order valence-corrected chi connectivity index (χ3v) is 3.50. The standard InChI is InChI=1S/C19H17N/c1-2-15-7-6-10-17(13-15)18-11-12-19(20-14-18)16-8-4-3-5-9-16/h3-14H,2H2,1H3. The predicted molar refractivity (Wildman–Crippen MR) is 84.5 cm³/mol. The van der Waals surface area contributed by atoms with E-state index in [1.807, 2.05) is 24.4 Å². The Bertz CT molecular complexity index is 684. The van der Waals surface area contributed by atoms with Crippen LogP contribution in [0.25, 0.3) is 22.4 Å². The second-order valence-electron chi connectivity index (χ2n) is 4.85. The molecule has 0 aliphatic rings. The van der Waals surface area contributed by atoms with Crippen molar-refractivity contribution in [1.29, 1.82) is 0 Å². The van der Waals surface area contributed by atoms with E-state index >= 15 is 0 Å². The van der Waals surface area contributed by atoms with Crippen molar-refractivity contribution in [3.05, 3.63) is 78.5 Å². The van der Waals surface area contributed by atoms with Gasteiger partial charge in [0.2, 0.25) is 0 Å². The molecule has 0 spiro atoms. The highest BCUT2D eigenvalue weighted by Gasteiger charge is 2.01. The number of hydrogen-bond donors (Lipinski definition) is 0. The van der Waals surface area contributed by atoms with E-state index in [1.54, 1.807) is 0 Å². The molecule has 1 heteroatoms. The minimum absolute atomic E-state index is 1.01. The number of aromatic nitrogens is 1. The van der Waals surface area contributed by atoms with E-state index < -0.39 is 0 Å². The Morgan fingerprint density at radius 2 is 1.55 bits per heavy atom. The highest BCUT2D eigenvalue weighted by atomic mass is 14.7. The number of aryl methyl sites for hydroxylation is 1. The van der Waals surface area contributed by atoms with Crippen molar-refractivity contribution in [2.45, 2.75) is 13.3 Å². The first kappa shape index (κ1) is 12.6. The molecule has 0 bridgehead atoms. The molecule has 98 valence electrons. The second kappa shape index (κ2) is 5.70. The van der Waals surface area contributed by atoms with Gasteiger partial charge in [0.15, 0.2) is 0 Å². The third-order valence-electron chi connectivity index (χ3n) is 3.50. The van der Waals surface area contributed by atoms with Crippen molar-refractivity contribution < 1.29 is 0 Å². The summed E-state index contributed by atoms with van der Waals surface area (Å²) in [6.45, 7) is 2.18. The molecule has 3 rings (SSSR count). The van der Waals surface area contributed by atoms with Crippen molar-refractivity contribution in [2.75, 3.05) is 0 Å². The van der Waals surface area contributed by atoms with Gasteiger partial charge in [0, 0.05) is 17.3 Å². The van der Waals surface area contributed by atoms with Gasteiger partial charge in [0.25, 0.3) is 0 Å². The molecule has 2 aromatic carbocycles. The molecule has 0 fully saturated rings. The van der Waals surface area contributed by atoms with Crippen LogP contribution in [0, 0.1) is 0 Å². The second-order valence-corrected chi connectivity index (χ2v) is 4.85. The zero-order chi connectivity index (χ0) is 13.8. The van der Waals surface area contributed by atoms with Crippen LogP contribution < -0.4 is 0 Å². The SMILES string of the molecule is CCc1cccc(-c2ccc(-c3ccccc3)nc2)c1. The average molecular weight is 259 g/mol. The van der Waals surface area contributed by atoms with Gasteiger partial charge in [0.1, 0.15) is 0 Å². The fourth-order valence-corrected chi connectivity index (χ4v) is 2.32. The number of hydrogen-bond acceptors (Lipinski definition) is 1. The van der Waals surface area contributed by atoms with E-state index in [1.165, 1.54) is 16.7 Å². The smallest absolute Gasteiger partial charge is 0.0702 e. The predicted octanol–water partition coefficient (Wildman–Crippen LogP) is 4.98. The van der Waals surface area contributed by atoms with Crippen LogP contribution in [0.4, 0.5) is 0 Å². The van der Waals surface area contributed by atoms with Crippen molar-refractivity contribution >= 4 is 0 Å². The Balaban J connectivity index is 1.93. The van der Waals surface area contributed by atoms with Gasteiger partial charge in [-0.2, -0.15) is 0 Å². The molecule has 0 atom stereocenters. The van der Waals surface area contributed by atoms with Gasteiger partial charge >= 0.3 is 0 Å². The minimum Gasteiger partial charge on any atom is -0.256 e. The van der Waals surface area contributed by atoms with Gasteiger partial charge in [0.05, 0.1) is 5.69 Å². The van der Waals surface area contributed by atoms with Gasteiger partial charge in [-0.15, -0.1) is 0 Å². The van der Waals surface area contributed by atoms with Crippen LogP contribution in [-0.4, -0.2) is 4.98 Å². The van der Waals surface area contributed by atoms with E-state index in [0.29, 0.717) is 0 Å². The normalized spacial score (nSPS) is 10.4. The van der Waals surface area contributed by atoms with Crippen LogP contribution in [0.2, 0.25) is 0 Å². The Morgan fingerprint density at radius 1 is 0.750 bits per heavy atom. The zero-order valence-corrected chi connectivity index (χ0v) is 11.6.